The Morgan fingerprint density at radius 3 is 2.17 bits per heavy atom. The van der Waals surface area contributed by atoms with Gasteiger partial charge < -0.3 is 34.9 Å². The van der Waals surface area contributed by atoms with Crippen molar-refractivity contribution in [1.29, 1.82) is 0 Å². The van der Waals surface area contributed by atoms with Gasteiger partial charge in [0.05, 0.1) is 32.8 Å². The van der Waals surface area contributed by atoms with Crippen LogP contribution >= 0.6 is 0 Å². The van der Waals surface area contributed by atoms with Crippen molar-refractivity contribution in [3.8, 4) is 23.0 Å². The molecule has 8 heteroatoms. The maximum Gasteiger partial charge on any atom is 0.224 e. The standard InChI is InChI=1S/C27H27NO7/c1-32-17-11-9-16(10-12-17)27-22(15-7-5-4-6-8-15)21(25(28)30)24(29)26(27,31)23-19(34-3)13-18(33-2)14-20(23)35-27/h4-14,21-22,24,29,31H,1-3H3,(H2,28,30)/t21-,22-,24-,26+,27+/m1/s1. The second kappa shape index (κ2) is 8.18. The van der Waals surface area contributed by atoms with Gasteiger partial charge >= 0.3 is 0 Å². The Labute approximate surface area is 202 Å². The molecule has 2 aliphatic rings. The van der Waals surface area contributed by atoms with Crippen LogP contribution in [0.3, 0.4) is 0 Å². The lowest BCUT2D eigenvalue weighted by Gasteiger charge is -2.40. The van der Waals surface area contributed by atoms with Crippen LogP contribution in [0.4, 0.5) is 0 Å². The number of rotatable bonds is 6. The molecule has 0 aromatic heterocycles. The van der Waals surface area contributed by atoms with E-state index in [0.29, 0.717) is 22.6 Å². The Morgan fingerprint density at radius 2 is 1.60 bits per heavy atom. The van der Waals surface area contributed by atoms with Crippen LogP contribution in [0.15, 0.2) is 66.7 Å². The van der Waals surface area contributed by atoms with E-state index in [4.69, 9.17) is 24.7 Å². The Morgan fingerprint density at radius 1 is 0.943 bits per heavy atom. The van der Waals surface area contributed by atoms with Crippen molar-refractivity contribution in [2.45, 2.75) is 23.2 Å². The number of ether oxygens (including phenoxy) is 4. The van der Waals surface area contributed by atoms with Crippen LogP contribution in [-0.4, -0.2) is 43.6 Å². The Bertz CT molecular complexity index is 1260. The van der Waals surface area contributed by atoms with Crippen LogP contribution in [0, 0.1) is 5.92 Å². The maximum absolute atomic E-state index is 12.8. The molecule has 3 aromatic rings. The van der Waals surface area contributed by atoms with E-state index >= 15 is 0 Å². The number of fused-ring (bicyclic) bond motifs is 3. The van der Waals surface area contributed by atoms with E-state index in [1.54, 1.807) is 43.5 Å². The molecule has 1 fully saturated rings. The molecule has 0 saturated heterocycles. The number of amides is 1. The minimum atomic E-state index is -2.09. The van der Waals surface area contributed by atoms with Crippen molar-refractivity contribution in [2.75, 3.05) is 21.3 Å². The van der Waals surface area contributed by atoms with Crippen molar-refractivity contribution < 1.29 is 34.0 Å². The van der Waals surface area contributed by atoms with Gasteiger partial charge in [-0.1, -0.05) is 42.5 Å². The molecule has 0 unspecified atom stereocenters. The monoisotopic (exact) mass is 477 g/mol. The molecule has 1 heterocycles. The second-order valence-corrected chi connectivity index (χ2v) is 8.80. The molecule has 8 nitrogen and oxygen atoms in total. The summed E-state index contributed by atoms with van der Waals surface area (Å²) in [5.41, 5.74) is 3.60. The molecule has 1 saturated carbocycles. The zero-order chi connectivity index (χ0) is 25.0. The van der Waals surface area contributed by atoms with E-state index in [0.717, 1.165) is 0 Å². The van der Waals surface area contributed by atoms with Crippen LogP contribution in [0.2, 0.25) is 0 Å². The van der Waals surface area contributed by atoms with Gasteiger partial charge in [-0.2, -0.15) is 0 Å². The lowest BCUT2D eigenvalue weighted by atomic mass is 9.70. The number of carbonyl (C=O) groups is 1. The van der Waals surface area contributed by atoms with Crippen LogP contribution in [-0.2, 0) is 16.0 Å². The topological polar surface area (TPSA) is 120 Å². The van der Waals surface area contributed by atoms with Crippen LogP contribution in [0.5, 0.6) is 23.0 Å². The summed E-state index contributed by atoms with van der Waals surface area (Å²) < 4.78 is 23.0. The number of primary amides is 1. The molecule has 1 aliphatic carbocycles. The number of methoxy groups -OCH3 is 3. The number of carbonyl (C=O) groups excluding carboxylic acids is 1. The van der Waals surface area contributed by atoms with Gasteiger partial charge in [-0.25, -0.2) is 0 Å². The lowest BCUT2D eigenvalue weighted by molar-refractivity contribution is -0.154. The maximum atomic E-state index is 12.8. The predicted octanol–water partition coefficient (Wildman–Crippen LogP) is 2.45. The van der Waals surface area contributed by atoms with Crippen LogP contribution in [0.1, 0.15) is 22.6 Å². The molecule has 0 radical (unpaired) electrons. The van der Waals surface area contributed by atoms with Gasteiger partial charge in [0.1, 0.15) is 29.1 Å². The molecule has 3 aromatic carbocycles. The lowest BCUT2D eigenvalue weighted by Crippen LogP contribution is -2.52. The number of hydrogen-bond acceptors (Lipinski definition) is 7. The summed E-state index contributed by atoms with van der Waals surface area (Å²) in [7, 11) is 4.51. The highest BCUT2D eigenvalue weighted by Gasteiger charge is 2.77. The normalized spacial score (nSPS) is 28.5. The largest absolute Gasteiger partial charge is 0.497 e. The highest BCUT2D eigenvalue weighted by molar-refractivity contribution is 5.81. The van der Waals surface area contributed by atoms with Gasteiger partial charge in [0.2, 0.25) is 5.91 Å². The number of aliphatic hydroxyl groups is 2. The van der Waals surface area contributed by atoms with E-state index in [1.807, 2.05) is 30.3 Å². The molecule has 1 amide bonds. The summed E-state index contributed by atoms with van der Waals surface area (Å²) in [6.45, 7) is 0. The zero-order valence-electron chi connectivity index (χ0n) is 19.6. The molecule has 1 aliphatic heterocycles. The minimum Gasteiger partial charge on any atom is -0.497 e. The number of nitrogens with two attached hydrogens (primary N) is 1. The predicted molar refractivity (Wildman–Crippen MR) is 127 cm³/mol. The zero-order valence-corrected chi connectivity index (χ0v) is 19.6. The van der Waals surface area contributed by atoms with Crippen LogP contribution in [0.25, 0.3) is 0 Å². The number of aliphatic hydroxyl groups excluding tert-OH is 1. The summed E-state index contributed by atoms with van der Waals surface area (Å²) >= 11 is 0. The van der Waals surface area contributed by atoms with Gasteiger partial charge in [-0.05, 0) is 23.3 Å². The third kappa shape index (κ3) is 2.96. The van der Waals surface area contributed by atoms with E-state index in [1.165, 1.54) is 14.2 Å². The molecule has 5 rings (SSSR count). The van der Waals surface area contributed by atoms with E-state index < -0.39 is 35.0 Å². The molecule has 5 atom stereocenters. The Hall–Kier alpha value is -3.75. The number of benzene rings is 3. The fourth-order valence-electron chi connectivity index (χ4n) is 5.82. The fraction of sp³-hybridized carbons (Fsp3) is 0.296. The minimum absolute atomic E-state index is 0.230. The fourth-order valence-corrected chi connectivity index (χ4v) is 5.82. The first-order chi connectivity index (χ1) is 16.8. The van der Waals surface area contributed by atoms with Gasteiger partial charge in [-0.3, -0.25) is 4.79 Å². The number of hydrogen-bond donors (Lipinski definition) is 3. The summed E-state index contributed by atoms with van der Waals surface area (Å²) in [6, 6.07) is 19.4. The van der Waals surface area contributed by atoms with Gasteiger partial charge in [0.25, 0.3) is 0 Å². The Kier molecular flexibility index (Phi) is 5.38. The van der Waals surface area contributed by atoms with E-state index in [2.05, 4.69) is 0 Å². The highest BCUT2D eigenvalue weighted by Crippen LogP contribution is 2.70. The first-order valence-electron chi connectivity index (χ1n) is 11.2. The second-order valence-electron chi connectivity index (χ2n) is 8.80. The molecule has 0 bridgehead atoms. The first kappa shape index (κ1) is 23.0. The van der Waals surface area contributed by atoms with E-state index in [-0.39, 0.29) is 17.1 Å². The first-order valence-corrected chi connectivity index (χ1v) is 11.2. The molecular formula is C27H27NO7. The van der Waals surface area contributed by atoms with Crippen molar-refractivity contribution in [1.82, 2.24) is 0 Å². The van der Waals surface area contributed by atoms with Crippen molar-refractivity contribution in [2.24, 2.45) is 11.7 Å². The van der Waals surface area contributed by atoms with Crippen molar-refractivity contribution >= 4 is 5.91 Å². The van der Waals surface area contributed by atoms with Crippen LogP contribution < -0.4 is 24.7 Å². The summed E-state index contributed by atoms with van der Waals surface area (Å²) in [6.07, 6.45) is -1.60. The average molecular weight is 478 g/mol. The third-order valence-corrected chi connectivity index (χ3v) is 7.28. The van der Waals surface area contributed by atoms with Gasteiger partial charge in [0, 0.05) is 18.1 Å². The summed E-state index contributed by atoms with van der Waals surface area (Å²) in [5, 5.41) is 24.3. The highest BCUT2D eigenvalue weighted by atomic mass is 16.5. The summed E-state index contributed by atoms with van der Waals surface area (Å²) in [5.74, 6) is -1.16. The average Bonchev–Trinajstić information content (AvgIpc) is 3.26. The molecule has 0 spiro atoms. The molecule has 35 heavy (non-hydrogen) atoms. The molecule has 182 valence electrons. The van der Waals surface area contributed by atoms with Crippen molar-refractivity contribution in [3.05, 3.63) is 83.4 Å². The van der Waals surface area contributed by atoms with Crippen molar-refractivity contribution in [3.63, 3.8) is 0 Å². The Balaban J connectivity index is 1.88. The summed E-state index contributed by atoms with van der Waals surface area (Å²) in [4.78, 5) is 12.8. The SMILES string of the molecule is COc1ccc([C@@]23Oc4cc(OC)cc(OC)c4[C@]2(O)[C@H](O)[C@H](C(N)=O)[C@H]3c2ccccc2)cc1. The van der Waals surface area contributed by atoms with Gasteiger partial charge in [0.15, 0.2) is 11.2 Å². The molecule has 4 N–H and O–H groups in total. The molecular weight excluding hydrogens is 450 g/mol. The quantitative estimate of drug-likeness (QED) is 0.499. The van der Waals surface area contributed by atoms with E-state index in [9.17, 15) is 15.0 Å². The van der Waals surface area contributed by atoms with Gasteiger partial charge in [-0.15, -0.1) is 0 Å². The smallest absolute Gasteiger partial charge is 0.224 e. The third-order valence-electron chi connectivity index (χ3n) is 7.28.